The maximum absolute atomic E-state index is 12.5. The molecule has 0 aliphatic heterocycles. The summed E-state index contributed by atoms with van der Waals surface area (Å²) in [6, 6.07) is 0. The van der Waals surface area contributed by atoms with Gasteiger partial charge in [0.15, 0.2) is 5.69 Å². The van der Waals surface area contributed by atoms with Crippen molar-refractivity contribution in [2.75, 3.05) is 0 Å². The lowest BCUT2D eigenvalue weighted by Gasteiger charge is -2.15. The number of halogens is 6. The lowest BCUT2D eigenvalue weighted by Crippen LogP contribution is -2.18. The third-order valence-electron chi connectivity index (χ3n) is 2.09. The van der Waals surface area contributed by atoms with Gasteiger partial charge in [-0.1, -0.05) is 11.6 Å². The molecule has 0 atom stereocenters. The van der Waals surface area contributed by atoms with E-state index in [-0.39, 0.29) is 0 Å². The quantitative estimate of drug-likeness (QED) is 0.845. The van der Waals surface area contributed by atoms with Crippen LogP contribution in [0.5, 0.6) is 0 Å². The number of carboxylic acid groups (broad SMARTS) is 1. The van der Waals surface area contributed by atoms with E-state index in [0.717, 1.165) is 6.92 Å². The van der Waals surface area contributed by atoms with Gasteiger partial charge in [-0.15, -0.1) is 0 Å². The minimum atomic E-state index is -5.19. The van der Waals surface area contributed by atoms with Gasteiger partial charge in [0.1, 0.15) is 11.3 Å². The molecular formula is C9H5ClF5NO2. The highest BCUT2D eigenvalue weighted by Gasteiger charge is 2.40. The first-order chi connectivity index (χ1) is 8.07. The number of rotatable bonds is 2. The molecule has 0 fully saturated rings. The normalized spacial score (nSPS) is 12.0. The summed E-state index contributed by atoms with van der Waals surface area (Å²) in [5.41, 5.74) is -4.93. The van der Waals surface area contributed by atoms with Crippen molar-refractivity contribution in [2.45, 2.75) is 19.5 Å². The first-order valence-electron chi connectivity index (χ1n) is 4.36. The van der Waals surface area contributed by atoms with E-state index < -0.39 is 46.1 Å². The van der Waals surface area contributed by atoms with Crippen molar-refractivity contribution < 1.29 is 31.9 Å². The van der Waals surface area contributed by atoms with E-state index in [4.69, 9.17) is 16.7 Å². The van der Waals surface area contributed by atoms with Crippen LogP contribution < -0.4 is 0 Å². The molecule has 1 rings (SSSR count). The van der Waals surface area contributed by atoms with Crippen LogP contribution in [-0.4, -0.2) is 16.1 Å². The van der Waals surface area contributed by atoms with Crippen LogP contribution in [-0.2, 0) is 6.18 Å². The van der Waals surface area contributed by atoms with Gasteiger partial charge in [-0.05, 0) is 12.5 Å². The van der Waals surface area contributed by atoms with Crippen LogP contribution in [0.15, 0.2) is 0 Å². The standard InChI is InChI=1S/C9H5ClF5NO2/c1-2-4(10)3(8(17)18)6(9(13,14)15)16-5(2)7(11)12/h7H,1H3,(H,17,18). The zero-order valence-electron chi connectivity index (χ0n) is 8.65. The van der Waals surface area contributed by atoms with Crippen LogP contribution in [0.3, 0.4) is 0 Å². The molecule has 1 aromatic heterocycles. The second-order valence-corrected chi connectivity index (χ2v) is 3.64. The Labute approximate surface area is 102 Å². The molecule has 0 aromatic carbocycles. The Morgan fingerprint density at radius 3 is 2.22 bits per heavy atom. The fourth-order valence-electron chi connectivity index (χ4n) is 1.28. The SMILES string of the molecule is Cc1c(C(F)F)nc(C(F)(F)F)c(C(=O)O)c1Cl. The first-order valence-corrected chi connectivity index (χ1v) is 4.73. The molecule has 0 amide bonds. The van der Waals surface area contributed by atoms with E-state index in [9.17, 15) is 26.7 Å². The van der Waals surface area contributed by atoms with Crippen molar-refractivity contribution in [1.29, 1.82) is 0 Å². The van der Waals surface area contributed by atoms with Crippen molar-refractivity contribution in [2.24, 2.45) is 0 Å². The molecule has 100 valence electrons. The smallest absolute Gasteiger partial charge is 0.434 e. The lowest BCUT2D eigenvalue weighted by molar-refractivity contribution is -0.142. The molecule has 18 heavy (non-hydrogen) atoms. The van der Waals surface area contributed by atoms with Crippen LogP contribution in [0.1, 0.15) is 33.7 Å². The molecule has 1 N–H and O–H groups in total. The minimum absolute atomic E-state index is 0.489. The monoisotopic (exact) mass is 289 g/mol. The lowest BCUT2D eigenvalue weighted by atomic mass is 10.1. The highest BCUT2D eigenvalue weighted by atomic mass is 35.5. The van der Waals surface area contributed by atoms with E-state index in [1.54, 1.807) is 0 Å². The van der Waals surface area contributed by atoms with Gasteiger partial charge in [0.25, 0.3) is 6.43 Å². The van der Waals surface area contributed by atoms with Crippen LogP contribution >= 0.6 is 11.6 Å². The number of aromatic carboxylic acids is 1. The summed E-state index contributed by atoms with van der Waals surface area (Å²) >= 11 is 5.39. The van der Waals surface area contributed by atoms with Crippen LogP contribution in [0, 0.1) is 6.92 Å². The summed E-state index contributed by atoms with van der Waals surface area (Å²) in [5.74, 6) is -1.98. The van der Waals surface area contributed by atoms with E-state index in [2.05, 4.69) is 4.98 Å². The predicted molar refractivity (Wildman–Crippen MR) is 50.9 cm³/mol. The van der Waals surface area contributed by atoms with E-state index in [1.807, 2.05) is 0 Å². The second kappa shape index (κ2) is 4.68. The average Bonchev–Trinajstić information content (AvgIpc) is 2.18. The Morgan fingerprint density at radius 1 is 1.39 bits per heavy atom. The number of nitrogens with zero attached hydrogens (tertiary/aromatic N) is 1. The van der Waals surface area contributed by atoms with Crippen molar-refractivity contribution >= 4 is 17.6 Å². The van der Waals surface area contributed by atoms with Crippen LogP contribution in [0.25, 0.3) is 0 Å². The van der Waals surface area contributed by atoms with Crippen molar-refractivity contribution in [3.05, 3.63) is 27.5 Å². The second-order valence-electron chi connectivity index (χ2n) is 3.26. The van der Waals surface area contributed by atoms with E-state index in [1.165, 1.54) is 0 Å². The molecule has 0 saturated heterocycles. The number of hydrogen-bond acceptors (Lipinski definition) is 2. The van der Waals surface area contributed by atoms with Crippen molar-refractivity contribution in [3.63, 3.8) is 0 Å². The van der Waals surface area contributed by atoms with Gasteiger partial charge in [0.05, 0.1) is 5.02 Å². The van der Waals surface area contributed by atoms with Gasteiger partial charge in [0.2, 0.25) is 0 Å². The number of alkyl halides is 5. The minimum Gasteiger partial charge on any atom is -0.478 e. The largest absolute Gasteiger partial charge is 0.478 e. The first kappa shape index (κ1) is 14.6. The summed E-state index contributed by atoms with van der Waals surface area (Å²) < 4.78 is 62.5. The fourth-order valence-corrected chi connectivity index (χ4v) is 1.54. The summed E-state index contributed by atoms with van der Waals surface area (Å²) in [6.45, 7) is 0.976. The molecule has 0 aliphatic carbocycles. The molecule has 0 bridgehead atoms. The Balaban J connectivity index is 3.73. The number of carboxylic acids is 1. The van der Waals surface area contributed by atoms with Gasteiger partial charge in [-0.2, -0.15) is 13.2 Å². The van der Waals surface area contributed by atoms with E-state index >= 15 is 0 Å². The third-order valence-corrected chi connectivity index (χ3v) is 2.56. The number of hydrogen-bond donors (Lipinski definition) is 1. The maximum Gasteiger partial charge on any atom is 0.434 e. The third kappa shape index (κ3) is 2.53. The summed E-state index contributed by atoms with van der Waals surface area (Å²) in [7, 11) is 0. The highest BCUT2D eigenvalue weighted by Crippen LogP contribution is 2.38. The van der Waals surface area contributed by atoms with Gasteiger partial charge < -0.3 is 5.11 Å². The van der Waals surface area contributed by atoms with Gasteiger partial charge >= 0.3 is 12.1 Å². The molecule has 1 heterocycles. The Kier molecular flexibility index (Phi) is 3.80. The number of aromatic nitrogens is 1. The van der Waals surface area contributed by atoms with Crippen molar-refractivity contribution in [3.8, 4) is 0 Å². The maximum atomic E-state index is 12.5. The van der Waals surface area contributed by atoms with Crippen LogP contribution in [0.2, 0.25) is 5.02 Å². The molecule has 0 radical (unpaired) electrons. The highest BCUT2D eigenvalue weighted by molar-refractivity contribution is 6.34. The molecule has 0 saturated carbocycles. The number of carbonyl (C=O) groups is 1. The van der Waals surface area contributed by atoms with Gasteiger partial charge in [-0.25, -0.2) is 18.6 Å². The van der Waals surface area contributed by atoms with Gasteiger partial charge in [0, 0.05) is 0 Å². The Bertz CT molecular complexity index is 501. The van der Waals surface area contributed by atoms with Crippen molar-refractivity contribution in [1.82, 2.24) is 4.98 Å². The zero-order chi connectivity index (χ0) is 14.2. The molecule has 0 spiro atoms. The molecule has 0 aliphatic rings. The molecule has 3 nitrogen and oxygen atoms in total. The molecule has 9 heteroatoms. The zero-order valence-corrected chi connectivity index (χ0v) is 9.40. The Hall–Kier alpha value is -1.44. The topological polar surface area (TPSA) is 50.2 Å². The van der Waals surface area contributed by atoms with Gasteiger partial charge in [-0.3, -0.25) is 0 Å². The predicted octanol–water partition coefficient (Wildman–Crippen LogP) is 3.70. The molecular weight excluding hydrogens is 285 g/mol. The summed E-state index contributed by atoms with van der Waals surface area (Å²) in [5, 5.41) is 7.76. The fraction of sp³-hybridized carbons (Fsp3) is 0.333. The number of pyridine rings is 1. The summed E-state index contributed by atoms with van der Waals surface area (Å²) in [6.07, 6.45) is -8.47. The van der Waals surface area contributed by atoms with E-state index in [0.29, 0.717) is 0 Å². The van der Waals surface area contributed by atoms with Crippen LogP contribution in [0.4, 0.5) is 22.0 Å². The Morgan fingerprint density at radius 2 is 1.89 bits per heavy atom. The molecule has 1 aromatic rings. The molecule has 0 unspecified atom stereocenters. The average molecular weight is 290 g/mol. The summed E-state index contributed by atoms with van der Waals surface area (Å²) in [4.78, 5) is 13.4.